The molecule has 3 rings (SSSR count). The second-order valence-electron chi connectivity index (χ2n) is 6.32. The molecule has 8 heteroatoms. The predicted molar refractivity (Wildman–Crippen MR) is 84.5 cm³/mol. The summed E-state index contributed by atoms with van der Waals surface area (Å²) >= 11 is 0. The lowest BCUT2D eigenvalue weighted by molar-refractivity contribution is -0.143. The van der Waals surface area contributed by atoms with Gasteiger partial charge in [-0.3, -0.25) is 0 Å². The van der Waals surface area contributed by atoms with Gasteiger partial charge in [0.1, 0.15) is 5.75 Å². The number of esters is 1. The molecule has 0 bridgehead atoms. The molecule has 2 aromatic carbocycles. The zero-order chi connectivity index (χ0) is 19.8. The van der Waals surface area contributed by atoms with Crippen molar-refractivity contribution in [2.45, 2.75) is 38.0 Å². The second kappa shape index (κ2) is 6.90. The molecule has 0 aliphatic heterocycles. The predicted octanol–water partition coefficient (Wildman–Crippen LogP) is 5.82. The lowest BCUT2D eigenvalue weighted by Gasteiger charge is -2.17. The summed E-state index contributed by atoms with van der Waals surface area (Å²) in [6.07, 6.45) is -6.39. The van der Waals surface area contributed by atoms with E-state index in [0.717, 1.165) is 36.8 Å². The monoisotopic (exact) mass is 388 g/mol. The fourth-order valence-electron chi connectivity index (χ4n) is 3.01. The first kappa shape index (κ1) is 19.3. The van der Waals surface area contributed by atoms with Crippen LogP contribution in [-0.4, -0.2) is 5.97 Å². The van der Waals surface area contributed by atoms with E-state index < -0.39 is 35.0 Å². The molecule has 0 aromatic heterocycles. The molecule has 1 aliphatic carbocycles. The summed E-state index contributed by atoms with van der Waals surface area (Å²) in [6, 6.07) is 5.52. The van der Waals surface area contributed by atoms with Crippen LogP contribution in [0, 0.1) is 0 Å². The molecule has 0 atom stereocenters. The Morgan fingerprint density at radius 1 is 0.778 bits per heavy atom. The third-order valence-corrected chi connectivity index (χ3v) is 4.35. The van der Waals surface area contributed by atoms with E-state index >= 15 is 0 Å². The standard InChI is InChI=1S/C19H14F6O2/c20-18(21,22)14-7-13(8-15(10-14)19(23,24)25)17(26)27-16-6-5-11-3-1-2-4-12(11)9-16/h5-10H,1-4H2. The molecular weight excluding hydrogens is 374 g/mol. The van der Waals surface area contributed by atoms with Gasteiger partial charge >= 0.3 is 18.3 Å². The lowest BCUT2D eigenvalue weighted by Crippen LogP contribution is -2.16. The van der Waals surface area contributed by atoms with Gasteiger partial charge in [0.2, 0.25) is 0 Å². The lowest BCUT2D eigenvalue weighted by atomic mass is 9.92. The quantitative estimate of drug-likeness (QED) is 0.368. The number of fused-ring (bicyclic) bond motifs is 1. The normalized spacial score (nSPS) is 14.6. The minimum atomic E-state index is -5.03. The molecule has 2 aromatic rings. The van der Waals surface area contributed by atoms with Gasteiger partial charge in [0.25, 0.3) is 0 Å². The smallest absolute Gasteiger partial charge is 0.416 e. The maximum Gasteiger partial charge on any atom is 0.416 e. The Hall–Kier alpha value is -2.51. The van der Waals surface area contributed by atoms with Gasteiger partial charge in [0.15, 0.2) is 0 Å². The van der Waals surface area contributed by atoms with Crippen molar-refractivity contribution in [3.05, 3.63) is 64.2 Å². The number of rotatable bonds is 2. The van der Waals surface area contributed by atoms with E-state index in [-0.39, 0.29) is 11.8 Å². The van der Waals surface area contributed by atoms with E-state index in [9.17, 15) is 31.1 Å². The van der Waals surface area contributed by atoms with E-state index in [1.807, 2.05) is 0 Å². The van der Waals surface area contributed by atoms with E-state index in [1.165, 1.54) is 6.07 Å². The van der Waals surface area contributed by atoms with Crippen LogP contribution in [0.4, 0.5) is 26.3 Å². The molecule has 2 nitrogen and oxygen atoms in total. The van der Waals surface area contributed by atoms with Gasteiger partial charge in [0, 0.05) is 0 Å². The minimum absolute atomic E-state index is 0.0321. The molecule has 0 spiro atoms. The van der Waals surface area contributed by atoms with Crippen LogP contribution < -0.4 is 4.74 Å². The topological polar surface area (TPSA) is 26.3 Å². The Morgan fingerprint density at radius 3 is 1.89 bits per heavy atom. The summed E-state index contributed by atoms with van der Waals surface area (Å²) in [5.74, 6) is -1.19. The van der Waals surface area contributed by atoms with Crippen molar-refractivity contribution in [3.8, 4) is 5.75 Å². The second-order valence-corrected chi connectivity index (χ2v) is 6.32. The van der Waals surface area contributed by atoms with E-state index in [0.29, 0.717) is 12.1 Å². The highest BCUT2D eigenvalue weighted by atomic mass is 19.4. The van der Waals surface area contributed by atoms with Crippen LogP contribution in [-0.2, 0) is 25.2 Å². The van der Waals surface area contributed by atoms with Crippen LogP contribution in [0.3, 0.4) is 0 Å². The molecule has 0 heterocycles. The zero-order valence-corrected chi connectivity index (χ0v) is 13.9. The van der Waals surface area contributed by atoms with Crippen LogP contribution in [0.25, 0.3) is 0 Å². The Morgan fingerprint density at radius 2 is 1.33 bits per heavy atom. The van der Waals surface area contributed by atoms with Crippen molar-refractivity contribution >= 4 is 5.97 Å². The average Bonchev–Trinajstić information content (AvgIpc) is 2.59. The van der Waals surface area contributed by atoms with Gasteiger partial charge in [-0.1, -0.05) is 6.07 Å². The Balaban J connectivity index is 1.92. The number of halogens is 6. The first-order valence-electron chi connectivity index (χ1n) is 8.17. The molecule has 144 valence electrons. The molecule has 0 fully saturated rings. The number of hydrogen-bond acceptors (Lipinski definition) is 2. The molecule has 0 saturated heterocycles. The molecule has 0 N–H and O–H groups in total. The molecule has 27 heavy (non-hydrogen) atoms. The number of carbonyl (C=O) groups excluding carboxylic acids is 1. The van der Waals surface area contributed by atoms with Crippen LogP contribution in [0.1, 0.15) is 45.5 Å². The van der Waals surface area contributed by atoms with Crippen LogP contribution in [0.15, 0.2) is 36.4 Å². The molecule has 0 unspecified atom stereocenters. The first-order chi connectivity index (χ1) is 12.5. The number of carbonyl (C=O) groups is 1. The summed E-state index contributed by atoms with van der Waals surface area (Å²) in [5, 5.41) is 0. The van der Waals surface area contributed by atoms with Crippen LogP contribution >= 0.6 is 0 Å². The fourth-order valence-corrected chi connectivity index (χ4v) is 3.01. The number of ether oxygens (including phenoxy) is 1. The minimum Gasteiger partial charge on any atom is -0.423 e. The number of aryl methyl sites for hydroxylation is 2. The molecular formula is C19H14F6O2. The molecule has 0 saturated carbocycles. The summed E-state index contributed by atoms with van der Waals surface area (Å²) in [4.78, 5) is 12.2. The summed E-state index contributed by atoms with van der Waals surface area (Å²) in [7, 11) is 0. The van der Waals surface area contributed by atoms with Gasteiger partial charge in [-0.05, 0) is 67.1 Å². The van der Waals surface area contributed by atoms with E-state index in [1.54, 1.807) is 12.1 Å². The number of alkyl halides is 6. The van der Waals surface area contributed by atoms with Gasteiger partial charge in [-0.2, -0.15) is 26.3 Å². The van der Waals surface area contributed by atoms with Crippen molar-refractivity contribution in [3.63, 3.8) is 0 Å². The molecule has 0 radical (unpaired) electrons. The summed E-state index contributed by atoms with van der Waals surface area (Å²) < 4.78 is 82.4. The van der Waals surface area contributed by atoms with E-state index in [2.05, 4.69) is 0 Å². The van der Waals surface area contributed by atoms with Crippen molar-refractivity contribution in [2.75, 3.05) is 0 Å². The number of benzene rings is 2. The Labute approximate surface area is 150 Å². The highest BCUT2D eigenvalue weighted by Crippen LogP contribution is 2.36. The Bertz CT molecular complexity index is 835. The van der Waals surface area contributed by atoms with Crippen LogP contribution in [0.5, 0.6) is 5.75 Å². The maximum atomic E-state index is 12.9. The van der Waals surface area contributed by atoms with Crippen LogP contribution in [0.2, 0.25) is 0 Å². The van der Waals surface area contributed by atoms with Crippen molar-refractivity contribution in [1.82, 2.24) is 0 Å². The highest BCUT2D eigenvalue weighted by molar-refractivity contribution is 5.91. The van der Waals surface area contributed by atoms with Crippen molar-refractivity contribution in [2.24, 2.45) is 0 Å². The van der Waals surface area contributed by atoms with E-state index in [4.69, 9.17) is 4.74 Å². The van der Waals surface area contributed by atoms with Gasteiger partial charge in [-0.25, -0.2) is 4.79 Å². The third kappa shape index (κ3) is 4.43. The third-order valence-electron chi connectivity index (χ3n) is 4.35. The maximum absolute atomic E-state index is 12.9. The van der Waals surface area contributed by atoms with Gasteiger partial charge < -0.3 is 4.74 Å². The van der Waals surface area contributed by atoms with Gasteiger partial charge in [0.05, 0.1) is 16.7 Å². The fraction of sp³-hybridized carbons (Fsp3) is 0.316. The van der Waals surface area contributed by atoms with Gasteiger partial charge in [-0.15, -0.1) is 0 Å². The van der Waals surface area contributed by atoms with Crippen molar-refractivity contribution < 1.29 is 35.9 Å². The van der Waals surface area contributed by atoms with Crippen molar-refractivity contribution in [1.29, 1.82) is 0 Å². The SMILES string of the molecule is O=C(Oc1ccc2c(c1)CCCC2)c1cc(C(F)(F)F)cc(C(F)(F)F)c1. The zero-order valence-electron chi connectivity index (χ0n) is 13.9. The summed E-state index contributed by atoms with van der Waals surface area (Å²) in [5.41, 5.74) is -1.87. The summed E-state index contributed by atoms with van der Waals surface area (Å²) in [6.45, 7) is 0. The largest absolute Gasteiger partial charge is 0.423 e. The highest BCUT2D eigenvalue weighted by Gasteiger charge is 2.37. The molecule has 0 amide bonds. The number of hydrogen-bond donors (Lipinski definition) is 0. The molecule has 1 aliphatic rings. The Kier molecular flexibility index (Phi) is 4.92. The average molecular weight is 388 g/mol. The first-order valence-corrected chi connectivity index (χ1v) is 8.17.